The summed E-state index contributed by atoms with van der Waals surface area (Å²) in [6, 6.07) is 0. The molecule has 0 fully saturated rings. The molecule has 0 aromatic carbocycles. The van der Waals surface area contributed by atoms with Crippen molar-refractivity contribution in [3.05, 3.63) is 0 Å². The Hall–Kier alpha value is -0.580. The van der Waals surface area contributed by atoms with Gasteiger partial charge in [-0.3, -0.25) is 9.52 Å². The van der Waals surface area contributed by atoms with Crippen LogP contribution in [0.4, 0.5) is 0 Å². The van der Waals surface area contributed by atoms with Crippen LogP contribution < -0.4 is 4.72 Å². The van der Waals surface area contributed by atoms with Gasteiger partial charge < -0.3 is 0 Å². The van der Waals surface area contributed by atoms with Gasteiger partial charge in [-0.15, -0.1) is 0 Å². The molecule has 1 N–H and O–H groups in total. The molecular formula is C9H21NO3S. The number of rotatable bonds is 8. The molecule has 0 aliphatic rings. The lowest BCUT2D eigenvalue weighted by Crippen LogP contribution is -2.33. The Bertz CT molecular complexity index is 254. The van der Waals surface area contributed by atoms with Crippen LogP contribution in [0.5, 0.6) is 0 Å². The second-order valence-corrected chi connectivity index (χ2v) is 5.33. The number of carbonyl (C=O) groups excluding carboxylic acids is 1. The number of sulfonamides is 1. The second kappa shape index (κ2) is 6.81. The number of carbonyl (C=O) groups is 1. The van der Waals surface area contributed by atoms with Gasteiger partial charge >= 0.3 is 0 Å². The van der Waals surface area contributed by atoms with E-state index in [4.69, 9.17) is 0 Å². The van der Waals surface area contributed by atoms with E-state index >= 15 is 0 Å². The lowest BCUT2D eigenvalue weighted by atomic mass is 10.1. The van der Waals surface area contributed by atoms with E-state index < -0.39 is 15.3 Å². The van der Waals surface area contributed by atoms with Crippen LogP contribution in [0.25, 0.3) is 0 Å². The van der Waals surface area contributed by atoms with E-state index in [0.29, 0.717) is 12.8 Å². The van der Waals surface area contributed by atoms with Crippen molar-refractivity contribution in [2.24, 2.45) is 0 Å². The van der Waals surface area contributed by atoms with E-state index in [2.05, 4.69) is 0 Å². The van der Waals surface area contributed by atoms with Gasteiger partial charge in [0.15, 0.2) is 0 Å². The van der Waals surface area contributed by atoms with Crippen molar-refractivity contribution in [1.82, 2.24) is 4.72 Å². The third kappa shape index (κ3) is 4.60. The van der Waals surface area contributed by atoms with Crippen molar-refractivity contribution in [2.75, 3.05) is 0 Å². The van der Waals surface area contributed by atoms with Gasteiger partial charge in [-0.1, -0.05) is 33.1 Å². The topological polar surface area (TPSA) is 63.2 Å². The second-order valence-electron chi connectivity index (χ2n) is 3.33. The Morgan fingerprint density at radius 1 is 1.29 bits per heavy atom. The fourth-order valence-corrected chi connectivity index (χ4v) is 2.72. The summed E-state index contributed by atoms with van der Waals surface area (Å²) in [6.07, 6.45) is 4.15. The first-order chi connectivity index (χ1) is 6.58. The largest absolute Gasteiger partial charge is 0.278 e. The minimum absolute atomic E-state index is 0. The highest BCUT2D eigenvalue weighted by Gasteiger charge is 2.22. The number of hydrogen-bond acceptors (Lipinski definition) is 3. The normalized spacial score (nSPS) is 13.6. The molecule has 0 aliphatic carbocycles. The molecule has 5 heteroatoms. The molecule has 1 unspecified atom stereocenters. The van der Waals surface area contributed by atoms with Crippen LogP contribution in [0.2, 0.25) is 0 Å². The molecule has 0 saturated carbocycles. The molecule has 0 aromatic heterocycles. The molecule has 1 atom stereocenters. The van der Waals surface area contributed by atoms with Crippen LogP contribution in [0.15, 0.2) is 0 Å². The van der Waals surface area contributed by atoms with Crippen molar-refractivity contribution in [2.45, 2.75) is 51.2 Å². The zero-order valence-electron chi connectivity index (χ0n) is 8.82. The van der Waals surface area contributed by atoms with Crippen molar-refractivity contribution in [3.63, 3.8) is 0 Å². The van der Waals surface area contributed by atoms with E-state index in [-0.39, 0.29) is 7.84 Å². The van der Waals surface area contributed by atoms with Crippen LogP contribution in [0.1, 0.15) is 47.4 Å². The number of amides is 1. The van der Waals surface area contributed by atoms with Gasteiger partial charge in [0.05, 0.1) is 5.25 Å². The number of hydrogen-bond donors (Lipinski definition) is 1. The maximum absolute atomic E-state index is 11.5. The summed E-state index contributed by atoms with van der Waals surface area (Å²) < 4.78 is 24.9. The first-order valence-corrected chi connectivity index (χ1v) is 6.57. The quantitative estimate of drug-likeness (QED) is 0.637. The van der Waals surface area contributed by atoms with E-state index in [1.165, 1.54) is 0 Å². The van der Waals surface area contributed by atoms with E-state index in [1.54, 1.807) is 0 Å². The third-order valence-electron chi connectivity index (χ3n) is 2.14. The van der Waals surface area contributed by atoms with Gasteiger partial charge in [0.1, 0.15) is 0 Å². The molecule has 0 rings (SSSR count). The summed E-state index contributed by atoms with van der Waals surface area (Å²) in [5, 5.41) is -0.419. The molecule has 14 heavy (non-hydrogen) atoms. The lowest BCUT2D eigenvalue weighted by molar-refractivity contribution is -0.108. The van der Waals surface area contributed by atoms with Crippen molar-refractivity contribution in [1.29, 1.82) is 0 Å². The smallest absolute Gasteiger partial charge is 0.237 e. The minimum Gasteiger partial charge on any atom is -0.278 e. The van der Waals surface area contributed by atoms with Crippen molar-refractivity contribution < 1.29 is 14.6 Å². The molecule has 0 saturated heterocycles. The van der Waals surface area contributed by atoms with Gasteiger partial charge in [0.25, 0.3) is 0 Å². The Kier molecular flexibility index (Phi) is 6.53. The predicted octanol–water partition coefficient (Wildman–Crippen LogP) is 1.67. The molecule has 86 valence electrons. The molecule has 0 spiro atoms. The fourth-order valence-electron chi connectivity index (χ4n) is 1.37. The van der Waals surface area contributed by atoms with Crippen molar-refractivity contribution >= 4 is 16.4 Å². The molecule has 0 aromatic rings. The van der Waals surface area contributed by atoms with E-state index in [9.17, 15) is 13.2 Å². The Morgan fingerprint density at radius 2 is 1.93 bits per heavy atom. The van der Waals surface area contributed by atoms with Gasteiger partial charge in [-0.05, 0) is 12.8 Å². The van der Waals surface area contributed by atoms with Crippen LogP contribution in [-0.2, 0) is 14.8 Å². The molecule has 0 aliphatic heterocycles. The average Bonchev–Trinajstić information content (AvgIpc) is 2.11. The molecule has 0 heterocycles. The van der Waals surface area contributed by atoms with Crippen LogP contribution in [0.3, 0.4) is 0 Å². The maximum atomic E-state index is 11.5. The standard InChI is InChI=1S/C9H19NO3S.H2/c1-3-5-7-9(6-4-2)14(12,13)10-8-11;/h8-9H,3-7H2,1-2H3,(H,10,11);1H. The summed E-state index contributed by atoms with van der Waals surface area (Å²) in [4.78, 5) is 10.1. The SMILES string of the molecule is CCCCC(CCC)S(=O)(=O)NC=O.[HH]. The Balaban J connectivity index is 0. The highest BCUT2D eigenvalue weighted by Crippen LogP contribution is 2.14. The van der Waals surface area contributed by atoms with E-state index in [0.717, 1.165) is 19.3 Å². The monoisotopic (exact) mass is 223 g/mol. The highest BCUT2D eigenvalue weighted by atomic mass is 32.2. The summed E-state index contributed by atoms with van der Waals surface area (Å²) in [6.45, 7) is 3.96. The minimum atomic E-state index is -3.42. The lowest BCUT2D eigenvalue weighted by Gasteiger charge is -2.15. The van der Waals surface area contributed by atoms with Crippen molar-refractivity contribution in [3.8, 4) is 0 Å². The molecule has 1 amide bonds. The zero-order chi connectivity index (χ0) is 11.0. The predicted molar refractivity (Wildman–Crippen MR) is 58.5 cm³/mol. The number of unbranched alkanes of at least 4 members (excludes halogenated alkanes) is 1. The maximum Gasteiger partial charge on any atom is 0.237 e. The zero-order valence-corrected chi connectivity index (χ0v) is 9.64. The van der Waals surface area contributed by atoms with E-state index in [1.807, 2.05) is 18.6 Å². The Labute approximate surface area is 87.6 Å². The highest BCUT2D eigenvalue weighted by molar-refractivity contribution is 7.90. The Morgan fingerprint density at radius 3 is 2.36 bits per heavy atom. The summed E-state index contributed by atoms with van der Waals surface area (Å²) in [7, 11) is -3.42. The van der Waals surface area contributed by atoms with Gasteiger partial charge in [0.2, 0.25) is 16.4 Å². The van der Waals surface area contributed by atoms with Crippen LogP contribution in [0, 0.1) is 0 Å². The van der Waals surface area contributed by atoms with Crippen LogP contribution >= 0.6 is 0 Å². The molecular weight excluding hydrogens is 202 g/mol. The van der Waals surface area contributed by atoms with Gasteiger partial charge in [0, 0.05) is 1.43 Å². The molecule has 0 radical (unpaired) electrons. The summed E-state index contributed by atoms with van der Waals surface area (Å²) in [5.74, 6) is 0. The van der Waals surface area contributed by atoms with Gasteiger partial charge in [-0.2, -0.15) is 0 Å². The first-order valence-electron chi connectivity index (χ1n) is 5.03. The average molecular weight is 223 g/mol. The molecule has 0 bridgehead atoms. The van der Waals surface area contributed by atoms with Crippen LogP contribution in [-0.4, -0.2) is 20.1 Å². The van der Waals surface area contributed by atoms with Gasteiger partial charge in [-0.25, -0.2) is 8.42 Å². The summed E-state index contributed by atoms with van der Waals surface area (Å²) >= 11 is 0. The molecule has 4 nitrogen and oxygen atoms in total. The third-order valence-corrected chi connectivity index (χ3v) is 3.92. The first kappa shape index (κ1) is 13.4. The number of nitrogens with one attached hydrogen (secondary N) is 1. The fraction of sp³-hybridized carbons (Fsp3) is 0.889. The summed E-state index contributed by atoms with van der Waals surface area (Å²) in [5.41, 5.74) is 0.